The number of rotatable bonds is 2. The van der Waals surface area contributed by atoms with Gasteiger partial charge in [0.15, 0.2) is 0 Å². The molecule has 2 atom stereocenters. The Morgan fingerprint density at radius 2 is 1.91 bits per heavy atom. The predicted octanol–water partition coefficient (Wildman–Crippen LogP) is 1.66. The highest BCUT2D eigenvalue weighted by atomic mass is 35.5. The summed E-state index contributed by atoms with van der Waals surface area (Å²) in [4.78, 5) is 29.3. The van der Waals surface area contributed by atoms with Gasteiger partial charge in [-0.05, 0) is 38.3 Å². The van der Waals surface area contributed by atoms with E-state index in [1.54, 1.807) is 17.0 Å². The average molecular weight is 338 g/mol. The SMILES string of the molecule is CC1(C(=O)N2CC[C@@H](N)C2)CCCN1C(=O)c1ccccc1.Cl. The van der Waals surface area contributed by atoms with Crippen LogP contribution >= 0.6 is 12.4 Å². The molecule has 1 aromatic rings. The van der Waals surface area contributed by atoms with E-state index in [4.69, 9.17) is 5.73 Å². The Bertz CT molecular complexity index is 580. The fourth-order valence-corrected chi connectivity index (χ4v) is 3.56. The fourth-order valence-electron chi connectivity index (χ4n) is 3.56. The van der Waals surface area contributed by atoms with Crippen molar-refractivity contribution in [3.63, 3.8) is 0 Å². The smallest absolute Gasteiger partial charge is 0.254 e. The highest BCUT2D eigenvalue weighted by Gasteiger charge is 2.48. The normalized spacial score (nSPS) is 27.0. The van der Waals surface area contributed by atoms with Crippen molar-refractivity contribution < 1.29 is 9.59 Å². The van der Waals surface area contributed by atoms with E-state index in [2.05, 4.69) is 0 Å². The molecule has 0 aliphatic carbocycles. The van der Waals surface area contributed by atoms with Crippen LogP contribution in [0.5, 0.6) is 0 Å². The van der Waals surface area contributed by atoms with Gasteiger partial charge in [0, 0.05) is 31.2 Å². The van der Waals surface area contributed by atoms with Crippen LogP contribution in [0.4, 0.5) is 0 Å². The minimum absolute atomic E-state index is 0. The van der Waals surface area contributed by atoms with Gasteiger partial charge in [0.25, 0.3) is 5.91 Å². The molecule has 1 unspecified atom stereocenters. The number of likely N-dealkylation sites (tertiary alicyclic amines) is 2. The molecule has 2 saturated heterocycles. The zero-order valence-electron chi connectivity index (χ0n) is 13.4. The Hall–Kier alpha value is -1.59. The Morgan fingerprint density at radius 1 is 1.22 bits per heavy atom. The number of benzene rings is 1. The number of nitrogens with two attached hydrogens (primary N) is 1. The quantitative estimate of drug-likeness (QED) is 0.892. The van der Waals surface area contributed by atoms with E-state index in [1.807, 2.05) is 30.0 Å². The molecule has 0 radical (unpaired) electrons. The minimum atomic E-state index is -0.739. The third-order valence-corrected chi connectivity index (χ3v) is 4.88. The van der Waals surface area contributed by atoms with Gasteiger partial charge < -0.3 is 15.5 Å². The summed E-state index contributed by atoms with van der Waals surface area (Å²) in [7, 11) is 0. The fraction of sp³-hybridized carbons (Fsp3) is 0.529. The summed E-state index contributed by atoms with van der Waals surface area (Å²) in [5, 5.41) is 0. The maximum Gasteiger partial charge on any atom is 0.254 e. The van der Waals surface area contributed by atoms with Gasteiger partial charge in [0.1, 0.15) is 5.54 Å². The molecule has 5 nitrogen and oxygen atoms in total. The van der Waals surface area contributed by atoms with Gasteiger partial charge >= 0.3 is 0 Å². The van der Waals surface area contributed by atoms with Crippen LogP contribution in [0.15, 0.2) is 30.3 Å². The third-order valence-electron chi connectivity index (χ3n) is 4.88. The summed E-state index contributed by atoms with van der Waals surface area (Å²) in [6.07, 6.45) is 2.42. The zero-order valence-corrected chi connectivity index (χ0v) is 14.2. The summed E-state index contributed by atoms with van der Waals surface area (Å²) < 4.78 is 0. The van der Waals surface area contributed by atoms with Gasteiger partial charge in [-0.1, -0.05) is 18.2 Å². The van der Waals surface area contributed by atoms with Crippen LogP contribution < -0.4 is 5.73 Å². The molecule has 3 rings (SSSR count). The summed E-state index contributed by atoms with van der Waals surface area (Å²) in [5.41, 5.74) is 5.82. The number of carbonyl (C=O) groups excluding carboxylic acids is 2. The van der Waals surface area contributed by atoms with Gasteiger partial charge in [-0.15, -0.1) is 12.4 Å². The van der Waals surface area contributed by atoms with E-state index in [1.165, 1.54) is 0 Å². The maximum atomic E-state index is 12.9. The molecule has 2 N–H and O–H groups in total. The molecule has 0 aromatic heterocycles. The first-order chi connectivity index (χ1) is 10.5. The van der Waals surface area contributed by atoms with E-state index in [9.17, 15) is 9.59 Å². The summed E-state index contributed by atoms with van der Waals surface area (Å²) in [5.74, 6) is -0.0142. The lowest BCUT2D eigenvalue weighted by Crippen LogP contribution is -2.56. The molecule has 0 saturated carbocycles. The van der Waals surface area contributed by atoms with E-state index in [0.717, 1.165) is 19.3 Å². The lowest BCUT2D eigenvalue weighted by Gasteiger charge is -2.37. The van der Waals surface area contributed by atoms with Crippen LogP contribution in [0.3, 0.4) is 0 Å². The molecular weight excluding hydrogens is 314 g/mol. The van der Waals surface area contributed by atoms with Gasteiger partial charge in [-0.2, -0.15) is 0 Å². The van der Waals surface area contributed by atoms with Gasteiger partial charge in [0.05, 0.1) is 0 Å². The van der Waals surface area contributed by atoms with Crippen molar-refractivity contribution in [1.82, 2.24) is 9.80 Å². The Morgan fingerprint density at radius 3 is 2.52 bits per heavy atom. The van der Waals surface area contributed by atoms with E-state index >= 15 is 0 Å². The molecule has 2 amide bonds. The largest absolute Gasteiger partial charge is 0.339 e. The van der Waals surface area contributed by atoms with Gasteiger partial charge in [0.2, 0.25) is 5.91 Å². The van der Waals surface area contributed by atoms with Crippen molar-refractivity contribution in [2.75, 3.05) is 19.6 Å². The van der Waals surface area contributed by atoms with Crippen molar-refractivity contribution in [2.45, 2.75) is 37.8 Å². The molecule has 2 fully saturated rings. The monoisotopic (exact) mass is 337 g/mol. The standard InChI is InChI=1S/C17H23N3O2.ClH/c1-17(16(22)19-11-8-14(18)12-19)9-5-10-20(17)15(21)13-6-3-2-4-7-13;/h2-4,6-7,14H,5,8-12,18H2,1H3;1H/t14-,17?;/m1./s1. The molecule has 0 spiro atoms. The molecule has 1 aromatic carbocycles. The molecule has 2 heterocycles. The molecule has 23 heavy (non-hydrogen) atoms. The first kappa shape index (κ1) is 17.8. The summed E-state index contributed by atoms with van der Waals surface area (Å²) in [6.45, 7) is 3.83. The highest BCUT2D eigenvalue weighted by Crippen LogP contribution is 2.33. The van der Waals surface area contributed by atoms with Crippen molar-refractivity contribution in [3.8, 4) is 0 Å². The van der Waals surface area contributed by atoms with Crippen molar-refractivity contribution >= 4 is 24.2 Å². The molecule has 2 aliphatic heterocycles. The van der Waals surface area contributed by atoms with Gasteiger partial charge in [-0.3, -0.25) is 9.59 Å². The number of amides is 2. The lowest BCUT2D eigenvalue weighted by atomic mass is 9.96. The maximum absolute atomic E-state index is 12.9. The number of carbonyl (C=O) groups is 2. The van der Waals surface area contributed by atoms with Crippen LogP contribution in [0.2, 0.25) is 0 Å². The Balaban J connectivity index is 0.00000192. The first-order valence-electron chi connectivity index (χ1n) is 7.94. The zero-order chi connectivity index (χ0) is 15.7. The second kappa shape index (κ2) is 6.89. The third kappa shape index (κ3) is 3.21. The van der Waals surface area contributed by atoms with Crippen LogP contribution in [0.1, 0.15) is 36.5 Å². The van der Waals surface area contributed by atoms with E-state index in [-0.39, 0.29) is 30.3 Å². The van der Waals surface area contributed by atoms with E-state index < -0.39 is 5.54 Å². The minimum Gasteiger partial charge on any atom is -0.339 e. The first-order valence-corrected chi connectivity index (χ1v) is 7.94. The van der Waals surface area contributed by atoms with Crippen molar-refractivity contribution in [3.05, 3.63) is 35.9 Å². The molecule has 2 aliphatic rings. The summed E-state index contributed by atoms with van der Waals surface area (Å²) >= 11 is 0. The molecular formula is C17H24ClN3O2. The van der Waals surface area contributed by atoms with Crippen LogP contribution in [-0.4, -0.2) is 52.8 Å². The van der Waals surface area contributed by atoms with Crippen molar-refractivity contribution in [2.24, 2.45) is 5.73 Å². The number of halogens is 1. The topological polar surface area (TPSA) is 66.6 Å². The van der Waals surface area contributed by atoms with E-state index in [0.29, 0.717) is 25.2 Å². The summed E-state index contributed by atoms with van der Waals surface area (Å²) in [6, 6.07) is 9.25. The predicted molar refractivity (Wildman–Crippen MR) is 91.5 cm³/mol. The van der Waals surface area contributed by atoms with Gasteiger partial charge in [-0.25, -0.2) is 0 Å². The Labute approximate surface area is 143 Å². The van der Waals surface area contributed by atoms with Crippen molar-refractivity contribution in [1.29, 1.82) is 0 Å². The number of hydrogen-bond donors (Lipinski definition) is 1. The second-order valence-corrected chi connectivity index (χ2v) is 6.50. The molecule has 126 valence electrons. The van der Waals surface area contributed by atoms with Crippen LogP contribution in [0, 0.1) is 0 Å². The highest BCUT2D eigenvalue weighted by molar-refractivity contribution is 5.99. The van der Waals surface area contributed by atoms with Crippen LogP contribution in [0.25, 0.3) is 0 Å². The number of hydrogen-bond acceptors (Lipinski definition) is 3. The molecule has 6 heteroatoms. The second-order valence-electron chi connectivity index (χ2n) is 6.50. The number of nitrogens with zero attached hydrogens (tertiary/aromatic N) is 2. The Kier molecular flexibility index (Phi) is 5.32. The average Bonchev–Trinajstić information content (AvgIpc) is 3.13. The molecule has 0 bridgehead atoms. The van der Waals surface area contributed by atoms with Crippen LogP contribution in [-0.2, 0) is 4.79 Å². The lowest BCUT2D eigenvalue weighted by molar-refractivity contribution is -0.139.